The third kappa shape index (κ3) is 1.20. The molecule has 0 amide bonds. The molecule has 1 nitrogen and oxygen atoms in total. The van der Waals surface area contributed by atoms with Crippen molar-refractivity contribution < 1.29 is 0 Å². The molecule has 1 heterocycles. The molecule has 0 aliphatic carbocycles. The Kier molecular flexibility index (Phi) is 1.86. The summed E-state index contributed by atoms with van der Waals surface area (Å²) < 4.78 is 0. The molecule has 0 aliphatic rings. The molecule has 0 aromatic carbocycles. The normalized spacial score (nSPS) is 9.12. The van der Waals surface area contributed by atoms with Crippen LogP contribution in [0, 0.1) is 5.88 Å². The lowest BCUT2D eigenvalue weighted by Gasteiger charge is -1.86. The van der Waals surface area contributed by atoms with Crippen molar-refractivity contribution in [2.75, 3.05) is 0 Å². The van der Waals surface area contributed by atoms with Crippen LogP contribution in [0.15, 0.2) is 24.4 Å². The number of pyridine rings is 1. The Balaban J connectivity index is 2.83. The van der Waals surface area contributed by atoms with Crippen molar-refractivity contribution in [3.8, 4) is 0 Å². The van der Waals surface area contributed by atoms with E-state index in [0.29, 0.717) is 0 Å². The fourth-order valence-electron chi connectivity index (χ4n) is 0.441. The van der Waals surface area contributed by atoms with E-state index in [1.54, 1.807) is 6.20 Å². The second kappa shape index (κ2) is 2.68. The van der Waals surface area contributed by atoms with Crippen LogP contribution in [0.1, 0.15) is 5.69 Å². The molecular formula is C6H5ClN. The maximum absolute atomic E-state index is 5.34. The van der Waals surface area contributed by atoms with Gasteiger partial charge in [-0.1, -0.05) is 6.07 Å². The van der Waals surface area contributed by atoms with E-state index in [2.05, 4.69) is 4.98 Å². The van der Waals surface area contributed by atoms with Gasteiger partial charge in [0.05, 0.1) is 11.6 Å². The van der Waals surface area contributed by atoms with Gasteiger partial charge in [-0.05, 0) is 12.1 Å². The Morgan fingerprint density at radius 1 is 1.50 bits per heavy atom. The summed E-state index contributed by atoms with van der Waals surface area (Å²) in [5, 5.41) is 0. The molecule has 0 N–H and O–H groups in total. The summed E-state index contributed by atoms with van der Waals surface area (Å²) in [4.78, 5) is 3.91. The molecule has 0 bridgehead atoms. The number of rotatable bonds is 1. The molecule has 1 rings (SSSR count). The molecular weight excluding hydrogens is 122 g/mol. The van der Waals surface area contributed by atoms with Gasteiger partial charge in [-0.25, -0.2) is 0 Å². The molecule has 1 radical (unpaired) electrons. The maximum Gasteiger partial charge on any atom is 0.0976 e. The minimum atomic E-state index is 0.800. The van der Waals surface area contributed by atoms with Crippen molar-refractivity contribution >= 4 is 11.6 Å². The molecule has 0 saturated carbocycles. The van der Waals surface area contributed by atoms with E-state index in [9.17, 15) is 0 Å². The predicted octanol–water partition coefficient (Wildman–Crippen LogP) is 1.83. The SMILES string of the molecule is Cl[CH]c1ccccn1. The van der Waals surface area contributed by atoms with Gasteiger partial charge in [0.1, 0.15) is 0 Å². The first-order valence-corrected chi connectivity index (χ1v) is 2.71. The zero-order valence-corrected chi connectivity index (χ0v) is 4.97. The van der Waals surface area contributed by atoms with Crippen molar-refractivity contribution in [2.45, 2.75) is 0 Å². The summed E-state index contributed by atoms with van der Waals surface area (Å²) in [5.74, 6) is 1.44. The Morgan fingerprint density at radius 2 is 2.38 bits per heavy atom. The van der Waals surface area contributed by atoms with E-state index in [1.807, 2.05) is 18.2 Å². The molecule has 0 atom stereocenters. The van der Waals surface area contributed by atoms with Gasteiger partial charge >= 0.3 is 0 Å². The van der Waals surface area contributed by atoms with E-state index in [-0.39, 0.29) is 0 Å². The average Bonchev–Trinajstić information content (AvgIpc) is 1.90. The lowest BCUT2D eigenvalue weighted by atomic mass is 10.4. The second-order valence-electron chi connectivity index (χ2n) is 1.36. The van der Waals surface area contributed by atoms with Gasteiger partial charge in [-0.2, -0.15) is 0 Å². The summed E-state index contributed by atoms with van der Waals surface area (Å²) in [6.07, 6.45) is 1.70. The van der Waals surface area contributed by atoms with E-state index in [4.69, 9.17) is 11.6 Å². The summed E-state index contributed by atoms with van der Waals surface area (Å²) in [6.45, 7) is 0. The highest BCUT2D eigenvalue weighted by atomic mass is 35.5. The van der Waals surface area contributed by atoms with E-state index >= 15 is 0 Å². The summed E-state index contributed by atoms with van der Waals surface area (Å²) >= 11 is 5.34. The van der Waals surface area contributed by atoms with Gasteiger partial charge < -0.3 is 0 Å². The Morgan fingerprint density at radius 3 is 2.75 bits per heavy atom. The number of aromatic nitrogens is 1. The zero-order valence-electron chi connectivity index (χ0n) is 4.21. The quantitative estimate of drug-likeness (QED) is 0.560. The topological polar surface area (TPSA) is 12.9 Å². The van der Waals surface area contributed by atoms with E-state index < -0.39 is 0 Å². The van der Waals surface area contributed by atoms with Crippen molar-refractivity contribution in [1.82, 2.24) is 4.98 Å². The lowest BCUT2D eigenvalue weighted by molar-refractivity contribution is 1.26. The molecule has 41 valence electrons. The highest BCUT2D eigenvalue weighted by Gasteiger charge is 1.84. The summed E-state index contributed by atoms with van der Waals surface area (Å²) in [6, 6.07) is 5.58. The van der Waals surface area contributed by atoms with Crippen LogP contribution < -0.4 is 0 Å². The summed E-state index contributed by atoms with van der Waals surface area (Å²) in [7, 11) is 0. The Labute approximate surface area is 53.3 Å². The minimum Gasteiger partial charge on any atom is -0.260 e. The standard InChI is InChI=1S/C6H5ClN/c7-5-6-3-1-2-4-8-6/h1-5H. The van der Waals surface area contributed by atoms with Crippen LogP contribution in [0.3, 0.4) is 0 Å². The maximum atomic E-state index is 5.34. The molecule has 0 spiro atoms. The third-order valence-corrected chi connectivity index (χ3v) is 1.02. The van der Waals surface area contributed by atoms with Crippen LogP contribution >= 0.6 is 11.6 Å². The van der Waals surface area contributed by atoms with E-state index in [0.717, 1.165) is 5.69 Å². The lowest BCUT2D eigenvalue weighted by Crippen LogP contribution is -1.77. The largest absolute Gasteiger partial charge is 0.260 e. The van der Waals surface area contributed by atoms with Gasteiger partial charge in [0.15, 0.2) is 0 Å². The predicted molar refractivity (Wildman–Crippen MR) is 33.5 cm³/mol. The highest BCUT2D eigenvalue weighted by molar-refractivity contribution is 6.24. The minimum absolute atomic E-state index is 0.800. The fraction of sp³-hybridized carbons (Fsp3) is 0. The molecule has 0 unspecified atom stereocenters. The van der Waals surface area contributed by atoms with E-state index in [1.165, 1.54) is 5.88 Å². The van der Waals surface area contributed by atoms with Gasteiger partial charge in [0.25, 0.3) is 0 Å². The molecule has 8 heavy (non-hydrogen) atoms. The van der Waals surface area contributed by atoms with Gasteiger partial charge in [0, 0.05) is 6.20 Å². The monoisotopic (exact) mass is 126 g/mol. The molecule has 0 aliphatic heterocycles. The first kappa shape index (κ1) is 5.57. The zero-order chi connectivity index (χ0) is 5.82. The van der Waals surface area contributed by atoms with Crippen molar-refractivity contribution in [3.05, 3.63) is 36.0 Å². The number of nitrogens with zero attached hydrogens (tertiary/aromatic N) is 1. The van der Waals surface area contributed by atoms with Crippen LogP contribution in [0.5, 0.6) is 0 Å². The number of hydrogen-bond donors (Lipinski definition) is 0. The molecule has 1 aromatic rings. The molecule has 2 heteroatoms. The van der Waals surface area contributed by atoms with Crippen LogP contribution in [-0.2, 0) is 0 Å². The smallest absolute Gasteiger partial charge is 0.0976 e. The van der Waals surface area contributed by atoms with Crippen molar-refractivity contribution in [3.63, 3.8) is 0 Å². The first-order valence-electron chi connectivity index (χ1n) is 2.28. The van der Waals surface area contributed by atoms with Crippen LogP contribution in [0.2, 0.25) is 0 Å². The first-order chi connectivity index (χ1) is 3.93. The molecule has 0 saturated heterocycles. The van der Waals surface area contributed by atoms with Gasteiger partial charge in [0.2, 0.25) is 0 Å². The van der Waals surface area contributed by atoms with Crippen molar-refractivity contribution in [2.24, 2.45) is 0 Å². The molecule has 0 fully saturated rings. The van der Waals surface area contributed by atoms with Gasteiger partial charge in [-0.15, -0.1) is 11.6 Å². The Bertz CT molecular complexity index is 150. The van der Waals surface area contributed by atoms with Crippen LogP contribution in [-0.4, -0.2) is 4.98 Å². The fourth-order valence-corrected chi connectivity index (χ4v) is 0.570. The Hall–Kier alpha value is -0.560. The van der Waals surface area contributed by atoms with Crippen LogP contribution in [0.25, 0.3) is 0 Å². The van der Waals surface area contributed by atoms with Crippen molar-refractivity contribution in [1.29, 1.82) is 0 Å². The highest BCUT2D eigenvalue weighted by Crippen LogP contribution is 1.98. The third-order valence-electron chi connectivity index (χ3n) is 0.800. The average molecular weight is 127 g/mol. The number of halogens is 1. The van der Waals surface area contributed by atoms with Gasteiger partial charge in [-0.3, -0.25) is 4.98 Å². The molecule has 1 aromatic heterocycles. The second-order valence-corrected chi connectivity index (χ2v) is 1.58. The van der Waals surface area contributed by atoms with Crippen LogP contribution in [0.4, 0.5) is 0 Å². The summed E-state index contributed by atoms with van der Waals surface area (Å²) in [5.41, 5.74) is 0.800. The number of hydrogen-bond acceptors (Lipinski definition) is 1.